The van der Waals surface area contributed by atoms with Crippen molar-refractivity contribution in [3.05, 3.63) is 0 Å². The summed E-state index contributed by atoms with van der Waals surface area (Å²) in [5, 5.41) is 10.6. The van der Waals surface area contributed by atoms with E-state index in [-0.39, 0.29) is 25.7 Å². The summed E-state index contributed by atoms with van der Waals surface area (Å²) in [4.78, 5) is 72.9. The first-order valence-electron chi connectivity index (χ1n) is 40.5. The van der Waals surface area contributed by atoms with Gasteiger partial charge in [-0.3, -0.25) is 37.3 Å². The molecule has 0 saturated carbocycles. The van der Waals surface area contributed by atoms with Gasteiger partial charge in [-0.05, 0) is 37.5 Å². The van der Waals surface area contributed by atoms with Gasteiger partial charge < -0.3 is 33.8 Å². The molecule has 17 nitrogen and oxygen atoms in total. The van der Waals surface area contributed by atoms with Crippen LogP contribution in [0, 0.1) is 11.8 Å². The summed E-state index contributed by atoms with van der Waals surface area (Å²) >= 11 is 0. The predicted octanol–water partition coefficient (Wildman–Crippen LogP) is 23.1. The summed E-state index contributed by atoms with van der Waals surface area (Å²) in [6.07, 6.45) is 58.2. The molecule has 576 valence electrons. The van der Waals surface area contributed by atoms with Gasteiger partial charge in [-0.15, -0.1) is 0 Å². The van der Waals surface area contributed by atoms with Crippen molar-refractivity contribution in [2.75, 3.05) is 39.6 Å². The summed E-state index contributed by atoms with van der Waals surface area (Å²) < 4.78 is 68.6. The Balaban J connectivity index is 5.25. The molecular formula is C78H152O17P2. The second kappa shape index (κ2) is 69.8. The minimum absolute atomic E-state index is 0.107. The maximum atomic E-state index is 13.1. The van der Waals surface area contributed by atoms with Gasteiger partial charge in [0.05, 0.1) is 26.4 Å². The van der Waals surface area contributed by atoms with Crippen LogP contribution < -0.4 is 0 Å². The predicted molar refractivity (Wildman–Crippen MR) is 395 cm³/mol. The normalized spacial score (nSPS) is 14.0. The Morgan fingerprint density at radius 2 is 0.474 bits per heavy atom. The smallest absolute Gasteiger partial charge is 0.462 e. The van der Waals surface area contributed by atoms with E-state index in [0.29, 0.717) is 25.7 Å². The summed E-state index contributed by atoms with van der Waals surface area (Å²) in [6.45, 7) is 9.60. The van der Waals surface area contributed by atoms with Crippen molar-refractivity contribution >= 4 is 39.5 Å². The SMILES string of the molecule is CCCCCCCCCCCCCCCCCCCC(=O)O[C@H](COC(=O)CCCCCCCCCCCCCCCC(C)C)COP(=O)(O)OC[C@@H](O)COP(=O)(O)OC[C@@H](COC(=O)CCCCCCCCCCC(C)C)OC(=O)CCCCCCCCCCCCCCC. The van der Waals surface area contributed by atoms with Gasteiger partial charge in [-0.1, -0.05) is 356 Å². The molecule has 0 fully saturated rings. The molecule has 0 aliphatic rings. The topological polar surface area (TPSA) is 237 Å². The minimum atomic E-state index is -4.96. The van der Waals surface area contributed by atoms with Crippen LogP contribution >= 0.6 is 15.6 Å². The van der Waals surface area contributed by atoms with E-state index < -0.39 is 97.5 Å². The highest BCUT2D eigenvalue weighted by molar-refractivity contribution is 7.47. The first-order chi connectivity index (χ1) is 46.9. The second-order valence-electron chi connectivity index (χ2n) is 29.1. The number of aliphatic hydroxyl groups is 1. The Bertz CT molecular complexity index is 1870. The Labute approximate surface area is 594 Å². The molecule has 3 N–H and O–H groups in total. The maximum Gasteiger partial charge on any atom is 0.472 e. The highest BCUT2D eigenvalue weighted by Gasteiger charge is 2.30. The standard InChI is InChI=1S/C78H152O17P2/c1-7-9-11-13-15-17-19-21-22-23-24-28-33-37-45-51-57-63-78(83)94-73(66-88-75(80)60-54-48-42-35-31-29-25-27-30-34-40-46-52-58-70(3)4)68-92-96(84,85)90-64-72(79)65-91-97(86,87)93-69-74(67-89-76(81)61-55-49-43-39-38-41-47-53-59-71(5)6)95-77(82)62-56-50-44-36-32-26-20-18-16-14-12-10-8-2/h70-74,79H,7-69H2,1-6H3,(H,84,85)(H,86,87)/t72-,73-,74-/m1/s1. The molecule has 0 bridgehead atoms. The van der Waals surface area contributed by atoms with Crippen molar-refractivity contribution in [3.63, 3.8) is 0 Å². The van der Waals surface area contributed by atoms with Gasteiger partial charge in [-0.25, -0.2) is 9.13 Å². The van der Waals surface area contributed by atoms with Crippen molar-refractivity contribution in [3.8, 4) is 0 Å². The zero-order valence-corrected chi connectivity index (χ0v) is 65.2. The van der Waals surface area contributed by atoms with E-state index >= 15 is 0 Å². The average molecular weight is 1420 g/mol. The molecule has 0 aromatic heterocycles. The number of aliphatic hydroxyl groups excluding tert-OH is 1. The summed E-state index contributed by atoms with van der Waals surface area (Å²) in [6, 6.07) is 0. The van der Waals surface area contributed by atoms with E-state index in [1.54, 1.807) is 0 Å². The molecule has 0 heterocycles. The van der Waals surface area contributed by atoms with Gasteiger partial charge in [0, 0.05) is 25.7 Å². The fourth-order valence-corrected chi connectivity index (χ4v) is 13.6. The summed E-state index contributed by atoms with van der Waals surface area (Å²) in [5.41, 5.74) is 0. The summed E-state index contributed by atoms with van der Waals surface area (Å²) in [5.74, 6) is -0.593. The van der Waals surface area contributed by atoms with Gasteiger partial charge in [0.2, 0.25) is 0 Å². The number of phosphoric acid groups is 2. The van der Waals surface area contributed by atoms with Crippen LogP contribution in [0.2, 0.25) is 0 Å². The molecule has 0 spiro atoms. The highest BCUT2D eigenvalue weighted by atomic mass is 31.2. The first kappa shape index (κ1) is 95.1. The van der Waals surface area contributed by atoms with Crippen LogP contribution in [0.3, 0.4) is 0 Å². The third-order valence-electron chi connectivity index (χ3n) is 18.2. The van der Waals surface area contributed by atoms with Crippen LogP contribution in [0.25, 0.3) is 0 Å². The lowest BCUT2D eigenvalue weighted by atomic mass is 10.0. The average Bonchev–Trinajstić information content (AvgIpc) is 1.43. The highest BCUT2D eigenvalue weighted by Crippen LogP contribution is 2.45. The van der Waals surface area contributed by atoms with Crippen molar-refractivity contribution < 1.29 is 80.2 Å². The first-order valence-corrected chi connectivity index (χ1v) is 43.5. The molecule has 0 saturated heterocycles. The minimum Gasteiger partial charge on any atom is -0.462 e. The largest absolute Gasteiger partial charge is 0.472 e. The third kappa shape index (κ3) is 72.2. The Hall–Kier alpha value is -1.94. The molecule has 19 heteroatoms. The van der Waals surface area contributed by atoms with Crippen molar-refractivity contribution in [2.24, 2.45) is 11.8 Å². The van der Waals surface area contributed by atoms with Gasteiger partial charge in [0.15, 0.2) is 12.2 Å². The molecular weight excluding hydrogens is 1270 g/mol. The van der Waals surface area contributed by atoms with E-state index in [1.165, 1.54) is 225 Å². The van der Waals surface area contributed by atoms with E-state index in [4.69, 9.17) is 37.0 Å². The van der Waals surface area contributed by atoms with Crippen LogP contribution in [0.4, 0.5) is 0 Å². The fourth-order valence-electron chi connectivity index (χ4n) is 12.0. The van der Waals surface area contributed by atoms with Crippen molar-refractivity contribution in [2.45, 2.75) is 426 Å². The molecule has 0 radical (unpaired) electrons. The van der Waals surface area contributed by atoms with Crippen LogP contribution in [0.5, 0.6) is 0 Å². The van der Waals surface area contributed by atoms with Crippen LogP contribution in [-0.4, -0.2) is 96.7 Å². The van der Waals surface area contributed by atoms with E-state index in [9.17, 15) is 43.2 Å². The number of phosphoric ester groups is 2. The molecule has 5 atom stereocenters. The van der Waals surface area contributed by atoms with Gasteiger partial charge in [-0.2, -0.15) is 0 Å². The van der Waals surface area contributed by atoms with E-state index in [1.807, 2.05) is 0 Å². The van der Waals surface area contributed by atoms with Crippen molar-refractivity contribution in [1.82, 2.24) is 0 Å². The zero-order chi connectivity index (χ0) is 71.4. The molecule has 0 amide bonds. The number of ether oxygens (including phenoxy) is 4. The molecule has 0 rings (SSSR count). The van der Waals surface area contributed by atoms with Crippen LogP contribution in [0.15, 0.2) is 0 Å². The van der Waals surface area contributed by atoms with Gasteiger partial charge in [0.1, 0.15) is 19.3 Å². The Morgan fingerprint density at radius 1 is 0.278 bits per heavy atom. The lowest BCUT2D eigenvalue weighted by molar-refractivity contribution is -0.161. The lowest BCUT2D eigenvalue weighted by Gasteiger charge is -2.21. The number of rotatable bonds is 77. The van der Waals surface area contributed by atoms with E-state index in [2.05, 4.69) is 41.5 Å². The Morgan fingerprint density at radius 3 is 0.701 bits per heavy atom. The van der Waals surface area contributed by atoms with Crippen LogP contribution in [0.1, 0.15) is 408 Å². The fraction of sp³-hybridized carbons (Fsp3) is 0.949. The number of esters is 4. The van der Waals surface area contributed by atoms with Crippen LogP contribution in [-0.2, 0) is 65.4 Å². The lowest BCUT2D eigenvalue weighted by Crippen LogP contribution is -2.30. The van der Waals surface area contributed by atoms with Crippen molar-refractivity contribution in [1.29, 1.82) is 0 Å². The second-order valence-corrected chi connectivity index (χ2v) is 32.0. The van der Waals surface area contributed by atoms with Gasteiger partial charge >= 0.3 is 39.5 Å². The monoisotopic (exact) mass is 1420 g/mol. The third-order valence-corrected chi connectivity index (χ3v) is 20.1. The van der Waals surface area contributed by atoms with Gasteiger partial charge in [0.25, 0.3) is 0 Å². The number of unbranched alkanes of at least 4 members (excludes halogenated alkanes) is 47. The molecule has 97 heavy (non-hydrogen) atoms. The van der Waals surface area contributed by atoms with E-state index in [0.717, 1.165) is 102 Å². The molecule has 0 aromatic carbocycles. The molecule has 0 aliphatic heterocycles. The molecule has 2 unspecified atom stereocenters. The number of carbonyl (C=O) groups excluding carboxylic acids is 4. The summed E-state index contributed by atoms with van der Waals surface area (Å²) in [7, 11) is -9.91. The number of hydrogen-bond acceptors (Lipinski definition) is 15. The number of hydrogen-bond donors (Lipinski definition) is 3. The number of carbonyl (C=O) groups is 4. The molecule has 0 aromatic rings. The quantitative estimate of drug-likeness (QED) is 0.0222. The Kier molecular flexibility index (Phi) is 68.4. The molecule has 0 aliphatic carbocycles. The maximum absolute atomic E-state index is 13.1. The zero-order valence-electron chi connectivity index (χ0n) is 63.4.